The molecule has 0 radical (unpaired) electrons. The maximum atomic E-state index is 13.1. The highest BCUT2D eigenvalue weighted by Gasteiger charge is 2.26. The van der Waals surface area contributed by atoms with Gasteiger partial charge in [-0.05, 0) is 24.6 Å². The summed E-state index contributed by atoms with van der Waals surface area (Å²) in [5.74, 6) is -0.0773. The summed E-state index contributed by atoms with van der Waals surface area (Å²) in [4.78, 5) is 33.2. The van der Waals surface area contributed by atoms with Gasteiger partial charge in [0.25, 0.3) is 5.91 Å². The Kier molecular flexibility index (Phi) is 6.37. The molecule has 1 fully saturated rings. The van der Waals surface area contributed by atoms with Gasteiger partial charge in [0.15, 0.2) is 0 Å². The first-order valence-corrected chi connectivity index (χ1v) is 10.8. The lowest BCUT2D eigenvalue weighted by atomic mass is 10.1. The number of fused-ring (bicyclic) bond motifs is 1. The number of benzene rings is 2. The smallest absolute Gasteiger partial charge is 0.409 e. The van der Waals surface area contributed by atoms with E-state index in [1.54, 1.807) is 21.9 Å². The Hall–Kier alpha value is -3.12. The summed E-state index contributed by atoms with van der Waals surface area (Å²) >= 11 is 6.49. The van der Waals surface area contributed by atoms with Crippen LogP contribution >= 0.6 is 11.6 Å². The molecule has 0 aliphatic carbocycles. The highest BCUT2D eigenvalue weighted by Crippen LogP contribution is 2.29. The summed E-state index contributed by atoms with van der Waals surface area (Å²) in [6.45, 7) is 4.23. The maximum Gasteiger partial charge on any atom is 0.409 e. The number of carbonyl (C=O) groups is 2. The molecular formula is C24H24ClN3O3. The normalized spacial score (nSPS) is 14.0. The number of aromatic nitrogens is 1. The van der Waals surface area contributed by atoms with Crippen LogP contribution in [0.5, 0.6) is 0 Å². The Labute approximate surface area is 186 Å². The molecule has 0 bridgehead atoms. The van der Waals surface area contributed by atoms with Crippen molar-refractivity contribution in [3.63, 3.8) is 0 Å². The molecule has 0 saturated carbocycles. The fourth-order valence-corrected chi connectivity index (χ4v) is 3.89. The van der Waals surface area contributed by atoms with Gasteiger partial charge in [0.05, 0.1) is 22.8 Å². The first-order chi connectivity index (χ1) is 15.1. The molecule has 2 amide bonds. The van der Waals surface area contributed by atoms with Crippen LogP contribution in [0.25, 0.3) is 22.2 Å². The van der Waals surface area contributed by atoms with Crippen molar-refractivity contribution in [2.24, 2.45) is 0 Å². The molecule has 1 aliphatic rings. The van der Waals surface area contributed by atoms with Crippen molar-refractivity contribution in [2.45, 2.75) is 13.3 Å². The molecule has 1 aliphatic heterocycles. The molecule has 31 heavy (non-hydrogen) atoms. The molecule has 0 atom stereocenters. The maximum absolute atomic E-state index is 13.1. The summed E-state index contributed by atoms with van der Waals surface area (Å²) in [6.07, 6.45) is 0.475. The molecule has 4 rings (SSSR count). The Bertz CT molecular complexity index is 1100. The van der Waals surface area contributed by atoms with Gasteiger partial charge in [-0.25, -0.2) is 9.78 Å². The van der Waals surface area contributed by atoms with Crippen LogP contribution in [0.15, 0.2) is 54.6 Å². The molecule has 1 saturated heterocycles. The molecule has 0 unspecified atom stereocenters. The zero-order chi connectivity index (χ0) is 21.8. The summed E-state index contributed by atoms with van der Waals surface area (Å²) in [5, 5.41) is 1.41. The average molecular weight is 438 g/mol. The number of hydrogen-bond acceptors (Lipinski definition) is 4. The quantitative estimate of drug-likeness (QED) is 0.584. The number of nitrogens with zero attached hydrogens (tertiary/aromatic N) is 3. The van der Waals surface area contributed by atoms with Crippen LogP contribution in [0.3, 0.4) is 0 Å². The van der Waals surface area contributed by atoms with Crippen LogP contribution in [0.2, 0.25) is 5.02 Å². The van der Waals surface area contributed by atoms with E-state index >= 15 is 0 Å². The van der Waals surface area contributed by atoms with E-state index in [9.17, 15) is 9.59 Å². The lowest BCUT2D eigenvalue weighted by Gasteiger charge is -2.34. The lowest BCUT2D eigenvalue weighted by molar-refractivity contribution is 0.0560. The van der Waals surface area contributed by atoms with Crippen molar-refractivity contribution in [3.8, 4) is 11.3 Å². The van der Waals surface area contributed by atoms with E-state index in [-0.39, 0.29) is 12.0 Å². The topological polar surface area (TPSA) is 62.7 Å². The Morgan fingerprint density at radius 3 is 2.42 bits per heavy atom. The second-order valence-electron chi connectivity index (χ2n) is 7.48. The Morgan fingerprint density at radius 1 is 1.00 bits per heavy atom. The SMILES string of the molecule is CCCOC(=O)N1CCN(C(=O)c2ccc3c(Cl)cc(-c4ccccc4)nc3c2)CC1. The van der Waals surface area contributed by atoms with Crippen LogP contribution in [-0.4, -0.2) is 59.6 Å². The second kappa shape index (κ2) is 9.35. The number of pyridine rings is 1. The summed E-state index contributed by atoms with van der Waals surface area (Å²) in [6, 6.07) is 17.1. The molecule has 0 spiro atoms. The van der Waals surface area contributed by atoms with Gasteiger partial charge in [-0.2, -0.15) is 0 Å². The first-order valence-electron chi connectivity index (χ1n) is 10.4. The van der Waals surface area contributed by atoms with Gasteiger partial charge in [-0.3, -0.25) is 4.79 Å². The molecule has 7 heteroatoms. The van der Waals surface area contributed by atoms with Crippen molar-refractivity contribution in [1.29, 1.82) is 0 Å². The van der Waals surface area contributed by atoms with Crippen molar-refractivity contribution >= 4 is 34.5 Å². The minimum atomic E-state index is -0.313. The van der Waals surface area contributed by atoms with E-state index in [4.69, 9.17) is 21.3 Å². The van der Waals surface area contributed by atoms with Crippen molar-refractivity contribution < 1.29 is 14.3 Å². The number of amides is 2. The number of ether oxygens (including phenoxy) is 1. The zero-order valence-corrected chi connectivity index (χ0v) is 18.1. The van der Waals surface area contributed by atoms with Gasteiger partial charge in [0, 0.05) is 42.7 Å². The van der Waals surface area contributed by atoms with Gasteiger partial charge in [-0.1, -0.05) is 54.9 Å². The summed E-state index contributed by atoms with van der Waals surface area (Å²) in [7, 11) is 0. The first kappa shape index (κ1) is 21.1. The van der Waals surface area contributed by atoms with E-state index in [1.807, 2.05) is 49.4 Å². The van der Waals surface area contributed by atoms with Crippen LogP contribution in [0.4, 0.5) is 4.79 Å². The number of rotatable bonds is 4. The van der Waals surface area contributed by atoms with E-state index in [1.165, 1.54) is 0 Å². The minimum Gasteiger partial charge on any atom is -0.449 e. The van der Waals surface area contributed by atoms with Crippen LogP contribution in [0, 0.1) is 0 Å². The molecule has 2 aromatic carbocycles. The van der Waals surface area contributed by atoms with Gasteiger partial charge in [0.2, 0.25) is 0 Å². The fraction of sp³-hybridized carbons (Fsp3) is 0.292. The summed E-state index contributed by atoms with van der Waals surface area (Å²) in [5.41, 5.74) is 2.97. The second-order valence-corrected chi connectivity index (χ2v) is 7.89. The third-order valence-corrected chi connectivity index (χ3v) is 5.64. The van der Waals surface area contributed by atoms with Gasteiger partial charge in [-0.15, -0.1) is 0 Å². The van der Waals surface area contributed by atoms with E-state index in [2.05, 4.69) is 0 Å². The molecule has 2 heterocycles. The third-order valence-electron chi connectivity index (χ3n) is 5.33. The fourth-order valence-electron chi connectivity index (χ4n) is 3.63. The number of piperazine rings is 1. The number of carbonyl (C=O) groups excluding carboxylic acids is 2. The van der Waals surface area contributed by atoms with Crippen molar-refractivity contribution in [3.05, 3.63) is 65.2 Å². The van der Waals surface area contributed by atoms with Crippen molar-refractivity contribution in [1.82, 2.24) is 14.8 Å². The lowest BCUT2D eigenvalue weighted by Crippen LogP contribution is -2.50. The van der Waals surface area contributed by atoms with E-state index in [0.29, 0.717) is 48.9 Å². The third kappa shape index (κ3) is 4.64. The zero-order valence-electron chi connectivity index (χ0n) is 17.4. The largest absolute Gasteiger partial charge is 0.449 e. The van der Waals surface area contributed by atoms with Gasteiger partial charge in [0.1, 0.15) is 0 Å². The van der Waals surface area contributed by atoms with Crippen LogP contribution in [-0.2, 0) is 4.74 Å². The number of hydrogen-bond donors (Lipinski definition) is 0. The molecular weight excluding hydrogens is 414 g/mol. The van der Waals surface area contributed by atoms with Crippen LogP contribution < -0.4 is 0 Å². The van der Waals surface area contributed by atoms with Gasteiger partial charge >= 0.3 is 6.09 Å². The Balaban J connectivity index is 1.52. The minimum absolute atomic E-state index is 0.0773. The Morgan fingerprint density at radius 2 is 1.71 bits per heavy atom. The predicted octanol–water partition coefficient (Wildman–Crippen LogP) is 4.86. The molecule has 6 nitrogen and oxygen atoms in total. The standard InChI is InChI=1S/C24H24ClN3O3/c1-2-14-31-24(30)28-12-10-27(11-13-28)23(29)18-8-9-19-20(25)16-21(26-22(19)15-18)17-6-4-3-5-7-17/h3-9,15-16H,2,10-14H2,1H3. The molecule has 160 valence electrons. The van der Waals surface area contributed by atoms with Crippen molar-refractivity contribution in [2.75, 3.05) is 32.8 Å². The highest BCUT2D eigenvalue weighted by molar-refractivity contribution is 6.35. The molecule has 3 aromatic rings. The van der Waals surface area contributed by atoms with Crippen LogP contribution in [0.1, 0.15) is 23.7 Å². The van der Waals surface area contributed by atoms with Gasteiger partial charge < -0.3 is 14.5 Å². The average Bonchev–Trinajstić information content (AvgIpc) is 2.82. The monoisotopic (exact) mass is 437 g/mol. The molecule has 1 aromatic heterocycles. The number of halogens is 1. The highest BCUT2D eigenvalue weighted by atomic mass is 35.5. The van der Waals surface area contributed by atoms with E-state index in [0.717, 1.165) is 23.1 Å². The predicted molar refractivity (Wildman–Crippen MR) is 121 cm³/mol. The van der Waals surface area contributed by atoms with E-state index < -0.39 is 0 Å². The summed E-state index contributed by atoms with van der Waals surface area (Å²) < 4.78 is 5.18. The molecule has 0 N–H and O–H groups in total.